The quantitative estimate of drug-likeness (QED) is 0.404. The van der Waals surface area contributed by atoms with Crippen molar-refractivity contribution in [3.05, 3.63) is 0 Å². The van der Waals surface area contributed by atoms with E-state index in [2.05, 4.69) is 5.32 Å². The minimum Gasteiger partial charge on any atom is -0.428 e. The number of hydrogen-bond acceptors (Lipinski definition) is 9. The van der Waals surface area contributed by atoms with Crippen LogP contribution in [0.3, 0.4) is 0 Å². The largest absolute Gasteiger partial charge is 0.516 e. The monoisotopic (exact) mass is 418 g/mol. The van der Waals surface area contributed by atoms with Gasteiger partial charge in [0.1, 0.15) is 29.9 Å². The number of esters is 1. The minimum atomic E-state index is -1.21. The highest BCUT2D eigenvalue weighted by atomic mass is 16.8. The van der Waals surface area contributed by atoms with Crippen molar-refractivity contribution in [1.82, 2.24) is 5.32 Å². The summed E-state index contributed by atoms with van der Waals surface area (Å²) in [7, 11) is 0. The molecular weight excluding hydrogens is 384 g/mol. The van der Waals surface area contributed by atoms with Gasteiger partial charge in [0.25, 0.3) is 0 Å². The molecule has 1 saturated heterocycles. The van der Waals surface area contributed by atoms with E-state index in [0.29, 0.717) is 0 Å². The molecule has 0 saturated carbocycles. The molecule has 0 aromatic carbocycles. The third-order valence-corrected chi connectivity index (χ3v) is 3.94. The fraction of sp³-hybridized carbons (Fsp3) is 0.842. The van der Waals surface area contributed by atoms with E-state index in [9.17, 15) is 19.5 Å². The molecule has 168 valence electrons. The molecule has 1 rings (SSSR count). The first kappa shape index (κ1) is 25.3. The summed E-state index contributed by atoms with van der Waals surface area (Å²) in [5.41, 5.74) is 5.17. The zero-order chi connectivity index (χ0) is 22.6. The third-order valence-electron chi connectivity index (χ3n) is 3.94. The molecule has 10 heteroatoms. The molecule has 0 aliphatic carbocycles. The molecule has 1 amide bonds. The van der Waals surface area contributed by atoms with E-state index in [1.165, 1.54) is 0 Å². The van der Waals surface area contributed by atoms with Gasteiger partial charge in [0.05, 0.1) is 6.61 Å². The lowest BCUT2D eigenvalue weighted by Crippen LogP contribution is -2.56. The van der Waals surface area contributed by atoms with E-state index in [1.807, 2.05) is 13.8 Å². The Morgan fingerprint density at radius 1 is 1.21 bits per heavy atom. The topological polar surface area (TPSA) is 146 Å². The SMILES string of the molecule is CC(C)C[C@H](NC(=O)[C@@H](N)[C@@H]1OC(C)(C)O[C@H]1CO)C(=O)OC(=O)OC(C)(C)C. The van der Waals surface area contributed by atoms with Gasteiger partial charge in [-0.2, -0.15) is 0 Å². The summed E-state index contributed by atoms with van der Waals surface area (Å²) in [5.74, 6) is -2.64. The van der Waals surface area contributed by atoms with Crippen LogP contribution in [0.1, 0.15) is 54.9 Å². The molecule has 1 fully saturated rings. The second-order valence-corrected chi connectivity index (χ2v) is 8.92. The highest BCUT2D eigenvalue weighted by molar-refractivity contribution is 5.91. The van der Waals surface area contributed by atoms with Crippen LogP contribution in [0.25, 0.3) is 0 Å². The van der Waals surface area contributed by atoms with Gasteiger partial charge < -0.3 is 35.1 Å². The van der Waals surface area contributed by atoms with Crippen LogP contribution in [0, 0.1) is 5.92 Å². The minimum absolute atomic E-state index is 0.0119. The average Bonchev–Trinajstić information content (AvgIpc) is 2.85. The van der Waals surface area contributed by atoms with Crippen molar-refractivity contribution in [2.24, 2.45) is 11.7 Å². The molecule has 0 spiro atoms. The van der Waals surface area contributed by atoms with Crippen molar-refractivity contribution >= 4 is 18.0 Å². The summed E-state index contributed by atoms with van der Waals surface area (Å²) in [4.78, 5) is 36.8. The van der Waals surface area contributed by atoms with Crippen molar-refractivity contribution in [3.8, 4) is 0 Å². The summed E-state index contributed by atoms with van der Waals surface area (Å²) in [6.45, 7) is 11.5. The molecule has 1 aliphatic rings. The molecule has 4 N–H and O–H groups in total. The van der Waals surface area contributed by atoms with Gasteiger partial charge in [-0.15, -0.1) is 0 Å². The van der Waals surface area contributed by atoms with Gasteiger partial charge in [-0.05, 0) is 47.0 Å². The molecule has 0 aromatic rings. The Morgan fingerprint density at radius 3 is 2.28 bits per heavy atom. The summed E-state index contributed by atoms with van der Waals surface area (Å²) < 4.78 is 20.8. The van der Waals surface area contributed by atoms with Gasteiger partial charge in [0.2, 0.25) is 5.91 Å². The number of aliphatic hydroxyl groups is 1. The average molecular weight is 418 g/mol. The summed E-state index contributed by atoms with van der Waals surface area (Å²) in [6, 6.07) is -2.32. The number of nitrogens with one attached hydrogen (secondary N) is 1. The first-order chi connectivity index (χ1) is 13.1. The second kappa shape index (κ2) is 9.84. The molecule has 4 atom stereocenters. The first-order valence-corrected chi connectivity index (χ1v) is 9.62. The van der Waals surface area contributed by atoms with Crippen molar-refractivity contribution in [1.29, 1.82) is 0 Å². The maximum absolute atomic E-state index is 12.6. The number of carbonyl (C=O) groups is 3. The number of amides is 1. The number of aliphatic hydroxyl groups excluding tert-OH is 1. The predicted octanol–water partition coefficient (Wildman–Crippen LogP) is 0.835. The van der Waals surface area contributed by atoms with E-state index in [0.717, 1.165) is 0 Å². The molecule has 29 heavy (non-hydrogen) atoms. The van der Waals surface area contributed by atoms with Gasteiger partial charge in [-0.1, -0.05) is 13.8 Å². The number of ether oxygens (including phenoxy) is 4. The van der Waals surface area contributed by atoms with Crippen LogP contribution >= 0.6 is 0 Å². The van der Waals surface area contributed by atoms with Crippen LogP contribution in [0.4, 0.5) is 4.79 Å². The first-order valence-electron chi connectivity index (χ1n) is 9.62. The van der Waals surface area contributed by atoms with Crippen LogP contribution in [0.2, 0.25) is 0 Å². The van der Waals surface area contributed by atoms with Gasteiger partial charge in [-0.3, -0.25) is 4.79 Å². The lowest BCUT2D eigenvalue weighted by atomic mass is 10.0. The van der Waals surface area contributed by atoms with E-state index >= 15 is 0 Å². The lowest BCUT2D eigenvalue weighted by molar-refractivity contribution is -0.154. The van der Waals surface area contributed by atoms with Crippen molar-refractivity contribution in [3.63, 3.8) is 0 Å². The Balaban J connectivity index is 2.82. The van der Waals surface area contributed by atoms with E-state index in [4.69, 9.17) is 24.7 Å². The van der Waals surface area contributed by atoms with Gasteiger partial charge >= 0.3 is 12.1 Å². The molecule has 1 aliphatic heterocycles. The number of rotatable bonds is 7. The van der Waals surface area contributed by atoms with Crippen molar-refractivity contribution < 1.29 is 38.4 Å². The fourth-order valence-corrected chi connectivity index (χ4v) is 2.84. The van der Waals surface area contributed by atoms with E-state index < -0.39 is 53.7 Å². The van der Waals surface area contributed by atoms with Gasteiger partial charge in [0.15, 0.2) is 5.79 Å². The van der Waals surface area contributed by atoms with Gasteiger partial charge in [-0.25, -0.2) is 9.59 Å². The molecule has 0 bridgehead atoms. The fourth-order valence-electron chi connectivity index (χ4n) is 2.84. The van der Waals surface area contributed by atoms with Crippen molar-refractivity contribution in [2.75, 3.05) is 6.61 Å². The molecular formula is C19H34N2O8. The Labute approximate surface area is 171 Å². The summed E-state index contributed by atoms with van der Waals surface area (Å²) >= 11 is 0. The van der Waals surface area contributed by atoms with Crippen LogP contribution in [0.15, 0.2) is 0 Å². The maximum Gasteiger partial charge on any atom is 0.516 e. The van der Waals surface area contributed by atoms with Gasteiger partial charge in [0, 0.05) is 0 Å². The van der Waals surface area contributed by atoms with E-state index in [1.54, 1.807) is 34.6 Å². The molecule has 0 aromatic heterocycles. The number of hydrogen-bond donors (Lipinski definition) is 3. The zero-order valence-electron chi connectivity index (χ0n) is 18.2. The standard InChI is InChI=1S/C19H34N2O8/c1-10(2)8-11(16(24)26-17(25)29-18(3,4)5)21-15(23)13(20)14-12(9-22)27-19(6,7)28-14/h10-14,22H,8-9,20H2,1-7H3,(H,21,23)/t11-,12-,13-,14+/m0/s1. The smallest absolute Gasteiger partial charge is 0.428 e. The van der Waals surface area contributed by atoms with E-state index in [-0.39, 0.29) is 18.9 Å². The molecule has 0 radical (unpaired) electrons. The highest BCUT2D eigenvalue weighted by Crippen LogP contribution is 2.29. The Kier molecular flexibility index (Phi) is 8.58. The number of carbonyl (C=O) groups excluding carboxylic acids is 3. The van der Waals surface area contributed by atoms with Crippen LogP contribution in [-0.4, -0.2) is 65.4 Å². The van der Waals surface area contributed by atoms with Crippen LogP contribution in [0.5, 0.6) is 0 Å². The number of nitrogens with two attached hydrogens (primary N) is 1. The van der Waals surface area contributed by atoms with Crippen LogP contribution < -0.4 is 11.1 Å². The normalized spacial score (nSPS) is 23.4. The Hall–Kier alpha value is -1.75. The lowest BCUT2D eigenvalue weighted by Gasteiger charge is -2.25. The molecule has 0 unspecified atom stereocenters. The molecule has 10 nitrogen and oxygen atoms in total. The second-order valence-electron chi connectivity index (χ2n) is 8.92. The Morgan fingerprint density at radius 2 is 1.79 bits per heavy atom. The highest BCUT2D eigenvalue weighted by Gasteiger charge is 2.46. The summed E-state index contributed by atoms with van der Waals surface area (Å²) in [5, 5.41) is 12.0. The van der Waals surface area contributed by atoms with Crippen molar-refractivity contribution in [2.45, 2.75) is 90.6 Å². The maximum atomic E-state index is 12.6. The third kappa shape index (κ3) is 8.25. The molecule has 1 heterocycles. The van der Waals surface area contributed by atoms with Crippen LogP contribution in [-0.2, 0) is 28.5 Å². The predicted molar refractivity (Wildman–Crippen MR) is 103 cm³/mol. The Bertz CT molecular complexity index is 600. The zero-order valence-corrected chi connectivity index (χ0v) is 18.2. The summed E-state index contributed by atoms with van der Waals surface area (Å²) in [6.07, 6.45) is -2.62.